The zero-order valence-electron chi connectivity index (χ0n) is 12.0. The summed E-state index contributed by atoms with van der Waals surface area (Å²) in [6, 6.07) is 4.79. The summed E-state index contributed by atoms with van der Waals surface area (Å²) in [6.45, 7) is 7.44. The normalized spacial score (nSPS) is 10.8. The summed E-state index contributed by atoms with van der Waals surface area (Å²) in [4.78, 5) is 23.3. The molecule has 0 spiro atoms. The van der Waals surface area contributed by atoms with E-state index in [2.05, 4.69) is 10.6 Å². The number of carbonyl (C=O) groups is 2. The van der Waals surface area contributed by atoms with E-state index in [1.54, 1.807) is 25.1 Å². The second-order valence-electron chi connectivity index (χ2n) is 5.30. The Kier molecular flexibility index (Phi) is 4.53. The molecule has 0 aliphatic heterocycles. The number of methoxy groups -OCH3 is 1. The van der Waals surface area contributed by atoms with E-state index in [9.17, 15) is 9.59 Å². The molecule has 2 amide bonds. The average Bonchev–Trinajstić information content (AvgIpc) is 2.28. The minimum Gasteiger partial charge on any atom is -0.465 e. The second kappa shape index (κ2) is 5.73. The predicted molar refractivity (Wildman–Crippen MR) is 74.4 cm³/mol. The van der Waals surface area contributed by atoms with Crippen LogP contribution >= 0.6 is 0 Å². The summed E-state index contributed by atoms with van der Waals surface area (Å²) in [5.41, 5.74) is 1.39. The molecule has 0 aromatic heterocycles. The number of hydrogen-bond acceptors (Lipinski definition) is 3. The number of benzene rings is 1. The van der Waals surface area contributed by atoms with Crippen LogP contribution in [0, 0.1) is 6.92 Å². The highest BCUT2D eigenvalue weighted by Gasteiger charge is 2.16. The molecular weight excluding hydrogens is 244 g/mol. The monoisotopic (exact) mass is 264 g/mol. The van der Waals surface area contributed by atoms with Gasteiger partial charge in [0.15, 0.2) is 0 Å². The zero-order chi connectivity index (χ0) is 14.6. The molecule has 0 fully saturated rings. The lowest BCUT2D eigenvalue weighted by Crippen LogP contribution is -2.43. The van der Waals surface area contributed by atoms with E-state index in [1.807, 2.05) is 20.8 Å². The standard InChI is InChI=1S/C14H20N2O3/c1-9-10(12(17)19-5)7-6-8-11(9)15-13(18)16-14(2,3)4/h6-8H,1-5H3,(H2,15,16,18). The molecule has 2 N–H and O–H groups in total. The van der Waals surface area contributed by atoms with Crippen LogP contribution in [-0.4, -0.2) is 24.6 Å². The summed E-state index contributed by atoms with van der Waals surface area (Å²) in [6.07, 6.45) is 0. The molecule has 1 rings (SSSR count). The summed E-state index contributed by atoms with van der Waals surface area (Å²) in [5, 5.41) is 5.52. The van der Waals surface area contributed by atoms with Crippen LogP contribution in [0.5, 0.6) is 0 Å². The van der Waals surface area contributed by atoms with Crippen LogP contribution in [0.25, 0.3) is 0 Å². The van der Waals surface area contributed by atoms with Gasteiger partial charge in [-0.25, -0.2) is 9.59 Å². The van der Waals surface area contributed by atoms with Gasteiger partial charge in [-0.15, -0.1) is 0 Å². The van der Waals surface area contributed by atoms with E-state index in [0.717, 1.165) is 0 Å². The van der Waals surface area contributed by atoms with Gasteiger partial charge in [-0.1, -0.05) is 6.07 Å². The summed E-state index contributed by atoms with van der Waals surface area (Å²) in [5.74, 6) is -0.419. The average molecular weight is 264 g/mol. The Bertz CT molecular complexity index is 490. The van der Waals surface area contributed by atoms with Gasteiger partial charge < -0.3 is 15.4 Å². The minimum absolute atomic E-state index is 0.308. The van der Waals surface area contributed by atoms with Crippen LogP contribution in [-0.2, 0) is 4.74 Å². The molecule has 1 aromatic carbocycles. The summed E-state index contributed by atoms with van der Waals surface area (Å²) < 4.78 is 4.69. The molecule has 0 aliphatic rings. The Morgan fingerprint density at radius 2 is 1.84 bits per heavy atom. The van der Waals surface area contributed by atoms with E-state index in [1.165, 1.54) is 7.11 Å². The largest absolute Gasteiger partial charge is 0.465 e. The molecule has 0 radical (unpaired) electrons. The van der Waals surface area contributed by atoms with Crippen LogP contribution in [0.2, 0.25) is 0 Å². The molecule has 0 atom stereocenters. The van der Waals surface area contributed by atoms with Crippen LogP contribution in [0.15, 0.2) is 18.2 Å². The highest BCUT2D eigenvalue weighted by Crippen LogP contribution is 2.19. The van der Waals surface area contributed by atoms with Crippen molar-refractivity contribution in [2.24, 2.45) is 0 Å². The Balaban J connectivity index is 2.91. The smallest absolute Gasteiger partial charge is 0.338 e. The maximum atomic E-state index is 11.8. The summed E-state index contributed by atoms with van der Waals surface area (Å²) in [7, 11) is 1.33. The van der Waals surface area contributed by atoms with Crippen molar-refractivity contribution in [2.45, 2.75) is 33.2 Å². The number of amides is 2. The fourth-order valence-corrected chi connectivity index (χ4v) is 1.60. The second-order valence-corrected chi connectivity index (χ2v) is 5.30. The molecule has 0 heterocycles. The molecule has 1 aromatic rings. The number of rotatable bonds is 2. The van der Waals surface area contributed by atoms with E-state index < -0.39 is 5.97 Å². The SMILES string of the molecule is COC(=O)c1cccc(NC(=O)NC(C)(C)C)c1C. The molecule has 0 saturated carbocycles. The first-order valence-corrected chi connectivity index (χ1v) is 6.01. The quantitative estimate of drug-likeness (QED) is 0.807. The van der Waals surface area contributed by atoms with Crippen molar-refractivity contribution >= 4 is 17.7 Å². The number of carbonyl (C=O) groups excluding carboxylic acids is 2. The molecule has 104 valence electrons. The Morgan fingerprint density at radius 1 is 1.21 bits per heavy atom. The first kappa shape index (κ1) is 15.0. The molecule has 5 nitrogen and oxygen atoms in total. The third-order valence-corrected chi connectivity index (χ3v) is 2.48. The third-order valence-electron chi connectivity index (χ3n) is 2.48. The van der Waals surface area contributed by atoms with Gasteiger partial charge in [0.1, 0.15) is 0 Å². The maximum Gasteiger partial charge on any atom is 0.338 e. The summed E-state index contributed by atoms with van der Waals surface area (Å²) >= 11 is 0. The Morgan fingerprint density at radius 3 is 2.37 bits per heavy atom. The minimum atomic E-state index is -0.419. The van der Waals surface area contributed by atoms with Gasteiger partial charge in [-0.05, 0) is 45.4 Å². The highest BCUT2D eigenvalue weighted by molar-refractivity contribution is 5.96. The van der Waals surface area contributed by atoms with Crippen molar-refractivity contribution in [1.29, 1.82) is 0 Å². The van der Waals surface area contributed by atoms with Crippen LogP contribution in [0.3, 0.4) is 0 Å². The van der Waals surface area contributed by atoms with E-state index in [4.69, 9.17) is 4.74 Å². The molecule has 0 saturated heterocycles. The molecule has 0 bridgehead atoms. The fraction of sp³-hybridized carbons (Fsp3) is 0.429. The first-order chi connectivity index (χ1) is 8.74. The maximum absolute atomic E-state index is 11.8. The number of hydrogen-bond donors (Lipinski definition) is 2. The number of anilines is 1. The van der Waals surface area contributed by atoms with Crippen LogP contribution in [0.4, 0.5) is 10.5 Å². The van der Waals surface area contributed by atoms with Crippen LogP contribution in [0.1, 0.15) is 36.7 Å². The highest BCUT2D eigenvalue weighted by atomic mass is 16.5. The van der Waals surface area contributed by atoms with E-state index in [-0.39, 0.29) is 11.6 Å². The van der Waals surface area contributed by atoms with Gasteiger partial charge in [0.05, 0.1) is 12.7 Å². The van der Waals surface area contributed by atoms with E-state index in [0.29, 0.717) is 16.8 Å². The van der Waals surface area contributed by atoms with Crippen LogP contribution < -0.4 is 10.6 Å². The van der Waals surface area contributed by atoms with Gasteiger partial charge in [-0.2, -0.15) is 0 Å². The number of nitrogens with one attached hydrogen (secondary N) is 2. The fourth-order valence-electron chi connectivity index (χ4n) is 1.60. The lowest BCUT2D eigenvalue weighted by atomic mass is 10.1. The van der Waals surface area contributed by atoms with Gasteiger partial charge in [0.25, 0.3) is 0 Å². The van der Waals surface area contributed by atoms with Gasteiger partial charge in [0.2, 0.25) is 0 Å². The predicted octanol–water partition coefficient (Wildman–Crippen LogP) is 2.70. The number of esters is 1. The van der Waals surface area contributed by atoms with Crippen molar-refractivity contribution in [1.82, 2.24) is 5.32 Å². The van der Waals surface area contributed by atoms with Gasteiger partial charge >= 0.3 is 12.0 Å². The third kappa shape index (κ3) is 4.28. The van der Waals surface area contributed by atoms with Gasteiger partial charge in [-0.3, -0.25) is 0 Å². The Labute approximate surface area is 113 Å². The first-order valence-electron chi connectivity index (χ1n) is 6.01. The number of ether oxygens (including phenoxy) is 1. The lowest BCUT2D eigenvalue weighted by Gasteiger charge is -2.21. The molecule has 19 heavy (non-hydrogen) atoms. The molecule has 5 heteroatoms. The van der Waals surface area contributed by atoms with Crippen molar-refractivity contribution in [3.05, 3.63) is 29.3 Å². The van der Waals surface area contributed by atoms with Crippen molar-refractivity contribution in [2.75, 3.05) is 12.4 Å². The Hall–Kier alpha value is -2.04. The van der Waals surface area contributed by atoms with E-state index >= 15 is 0 Å². The molecule has 0 unspecified atom stereocenters. The number of urea groups is 1. The van der Waals surface area contributed by atoms with Crippen molar-refractivity contribution in [3.63, 3.8) is 0 Å². The lowest BCUT2D eigenvalue weighted by molar-refractivity contribution is 0.0600. The van der Waals surface area contributed by atoms with Gasteiger partial charge in [0, 0.05) is 11.2 Å². The topological polar surface area (TPSA) is 67.4 Å². The van der Waals surface area contributed by atoms with Crippen molar-refractivity contribution < 1.29 is 14.3 Å². The van der Waals surface area contributed by atoms with Crippen molar-refractivity contribution in [3.8, 4) is 0 Å². The molecular formula is C14H20N2O3. The molecule has 0 aliphatic carbocycles. The zero-order valence-corrected chi connectivity index (χ0v) is 12.0.